The van der Waals surface area contributed by atoms with Gasteiger partial charge in [0.05, 0.1) is 18.9 Å². The summed E-state index contributed by atoms with van der Waals surface area (Å²) in [6.45, 7) is 0. The Morgan fingerprint density at radius 3 is 2.78 bits per heavy atom. The predicted molar refractivity (Wildman–Crippen MR) is 67.7 cm³/mol. The highest BCUT2D eigenvalue weighted by molar-refractivity contribution is 6.33. The molecule has 1 heterocycles. The van der Waals surface area contributed by atoms with Crippen molar-refractivity contribution < 1.29 is 14.6 Å². The zero-order chi connectivity index (χ0) is 13.1. The standard InChI is InChI=1S/C13H10ClNO3/c1-18-13(17)8-2-3-12(14)11(5-8)9-4-10(16)7-15-6-9/h2-7,16H,1H3. The van der Waals surface area contributed by atoms with Gasteiger partial charge in [-0.2, -0.15) is 0 Å². The van der Waals surface area contributed by atoms with Crippen molar-refractivity contribution in [3.05, 3.63) is 47.2 Å². The van der Waals surface area contributed by atoms with Crippen molar-refractivity contribution in [2.45, 2.75) is 0 Å². The summed E-state index contributed by atoms with van der Waals surface area (Å²) in [4.78, 5) is 15.3. The lowest BCUT2D eigenvalue weighted by Gasteiger charge is -2.07. The second-order valence-corrected chi connectivity index (χ2v) is 4.03. The number of hydrogen-bond acceptors (Lipinski definition) is 4. The van der Waals surface area contributed by atoms with Gasteiger partial charge in [0, 0.05) is 22.3 Å². The van der Waals surface area contributed by atoms with E-state index < -0.39 is 5.97 Å². The molecule has 1 aromatic heterocycles. The SMILES string of the molecule is COC(=O)c1ccc(Cl)c(-c2cncc(O)c2)c1. The topological polar surface area (TPSA) is 59.4 Å². The van der Waals surface area contributed by atoms with Crippen molar-refractivity contribution in [3.8, 4) is 16.9 Å². The first-order chi connectivity index (χ1) is 8.61. The molecular formula is C13H10ClNO3. The van der Waals surface area contributed by atoms with Crippen molar-refractivity contribution >= 4 is 17.6 Å². The molecule has 0 saturated carbocycles. The molecule has 0 aliphatic rings. The number of hydrogen-bond donors (Lipinski definition) is 1. The maximum absolute atomic E-state index is 11.4. The van der Waals surface area contributed by atoms with Crippen LogP contribution in [-0.4, -0.2) is 23.2 Å². The van der Waals surface area contributed by atoms with E-state index in [1.165, 1.54) is 19.4 Å². The summed E-state index contributed by atoms with van der Waals surface area (Å²) in [5, 5.41) is 9.86. The monoisotopic (exact) mass is 263 g/mol. The third-order valence-corrected chi connectivity index (χ3v) is 2.75. The summed E-state index contributed by atoms with van der Waals surface area (Å²) in [5.41, 5.74) is 1.63. The molecule has 0 bridgehead atoms. The molecule has 18 heavy (non-hydrogen) atoms. The Balaban J connectivity index is 2.53. The average molecular weight is 264 g/mol. The minimum atomic E-state index is -0.443. The Hall–Kier alpha value is -2.07. The van der Waals surface area contributed by atoms with Crippen molar-refractivity contribution in [2.24, 2.45) is 0 Å². The number of carbonyl (C=O) groups excluding carboxylic acids is 1. The number of pyridine rings is 1. The van der Waals surface area contributed by atoms with E-state index in [-0.39, 0.29) is 5.75 Å². The number of aromatic nitrogens is 1. The fraction of sp³-hybridized carbons (Fsp3) is 0.0769. The van der Waals surface area contributed by atoms with Crippen LogP contribution in [0, 0.1) is 0 Å². The lowest BCUT2D eigenvalue weighted by molar-refractivity contribution is 0.0601. The molecule has 4 nitrogen and oxygen atoms in total. The summed E-state index contributed by atoms with van der Waals surface area (Å²) in [7, 11) is 1.31. The summed E-state index contributed by atoms with van der Waals surface area (Å²) >= 11 is 6.07. The first kappa shape index (κ1) is 12.4. The molecule has 92 valence electrons. The summed E-state index contributed by atoms with van der Waals surface area (Å²) in [6, 6.07) is 6.31. The molecule has 0 amide bonds. The van der Waals surface area contributed by atoms with Crippen LogP contribution in [0.1, 0.15) is 10.4 Å². The van der Waals surface area contributed by atoms with Crippen molar-refractivity contribution in [1.82, 2.24) is 4.98 Å². The van der Waals surface area contributed by atoms with Crippen LogP contribution in [0.25, 0.3) is 11.1 Å². The molecular weight excluding hydrogens is 254 g/mol. The fourth-order valence-corrected chi connectivity index (χ4v) is 1.79. The van der Waals surface area contributed by atoms with Gasteiger partial charge >= 0.3 is 5.97 Å². The van der Waals surface area contributed by atoms with Crippen LogP contribution in [0.5, 0.6) is 5.75 Å². The summed E-state index contributed by atoms with van der Waals surface area (Å²) in [6.07, 6.45) is 2.88. The molecule has 1 aromatic carbocycles. The predicted octanol–water partition coefficient (Wildman–Crippen LogP) is 2.89. The summed E-state index contributed by atoms with van der Waals surface area (Å²) in [5.74, 6) is -0.409. The molecule has 0 aliphatic carbocycles. The van der Waals surface area contributed by atoms with Crippen LogP contribution in [0.15, 0.2) is 36.7 Å². The molecule has 5 heteroatoms. The van der Waals surface area contributed by atoms with E-state index in [4.69, 9.17) is 11.6 Å². The number of ether oxygens (including phenoxy) is 1. The number of benzene rings is 1. The lowest BCUT2D eigenvalue weighted by Crippen LogP contribution is -2.01. The van der Waals surface area contributed by atoms with E-state index >= 15 is 0 Å². The van der Waals surface area contributed by atoms with Crippen LogP contribution < -0.4 is 0 Å². The quantitative estimate of drug-likeness (QED) is 0.847. The van der Waals surface area contributed by atoms with Gasteiger partial charge in [-0.1, -0.05) is 11.6 Å². The van der Waals surface area contributed by atoms with Crippen LogP contribution in [-0.2, 0) is 4.74 Å². The van der Waals surface area contributed by atoms with Gasteiger partial charge in [-0.05, 0) is 24.3 Å². The smallest absolute Gasteiger partial charge is 0.337 e. The minimum absolute atomic E-state index is 0.0343. The number of nitrogens with zero attached hydrogens (tertiary/aromatic N) is 1. The summed E-state index contributed by atoms with van der Waals surface area (Å²) < 4.78 is 4.64. The van der Waals surface area contributed by atoms with E-state index in [9.17, 15) is 9.90 Å². The van der Waals surface area contributed by atoms with Crippen molar-refractivity contribution in [3.63, 3.8) is 0 Å². The van der Waals surface area contributed by atoms with E-state index in [1.807, 2.05) is 0 Å². The molecule has 2 aromatic rings. The molecule has 0 saturated heterocycles. The van der Waals surface area contributed by atoms with Gasteiger partial charge < -0.3 is 9.84 Å². The van der Waals surface area contributed by atoms with Gasteiger partial charge in [0.25, 0.3) is 0 Å². The number of aromatic hydroxyl groups is 1. The Bertz CT molecular complexity index is 599. The molecule has 1 N–H and O–H groups in total. The highest BCUT2D eigenvalue weighted by Gasteiger charge is 2.11. The van der Waals surface area contributed by atoms with Gasteiger partial charge in [0.1, 0.15) is 5.75 Å². The average Bonchev–Trinajstić information content (AvgIpc) is 2.38. The van der Waals surface area contributed by atoms with E-state index in [0.717, 1.165) is 0 Å². The molecule has 0 spiro atoms. The van der Waals surface area contributed by atoms with Gasteiger partial charge in [0.2, 0.25) is 0 Å². The normalized spacial score (nSPS) is 10.1. The zero-order valence-electron chi connectivity index (χ0n) is 9.55. The fourth-order valence-electron chi connectivity index (χ4n) is 1.57. The maximum Gasteiger partial charge on any atom is 0.337 e. The third kappa shape index (κ3) is 2.43. The van der Waals surface area contributed by atoms with E-state index in [1.54, 1.807) is 24.4 Å². The molecule has 0 fully saturated rings. The molecule has 0 unspecified atom stereocenters. The van der Waals surface area contributed by atoms with Crippen LogP contribution in [0.3, 0.4) is 0 Å². The van der Waals surface area contributed by atoms with Crippen molar-refractivity contribution in [2.75, 3.05) is 7.11 Å². The van der Waals surface area contributed by atoms with Gasteiger partial charge in [-0.15, -0.1) is 0 Å². The van der Waals surface area contributed by atoms with E-state index in [0.29, 0.717) is 21.7 Å². The number of methoxy groups -OCH3 is 1. The first-order valence-corrected chi connectivity index (χ1v) is 5.52. The van der Waals surface area contributed by atoms with E-state index in [2.05, 4.69) is 9.72 Å². The second kappa shape index (κ2) is 5.06. The second-order valence-electron chi connectivity index (χ2n) is 3.62. The Morgan fingerprint density at radius 1 is 1.33 bits per heavy atom. The zero-order valence-corrected chi connectivity index (χ0v) is 10.3. The highest BCUT2D eigenvalue weighted by Crippen LogP contribution is 2.30. The Morgan fingerprint density at radius 2 is 2.11 bits per heavy atom. The van der Waals surface area contributed by atoms with Crippen LogP contribution in [0.2, 0.25) is 5.02 Å². The number of carbonyl (C=O) groups is 1. The van der Waals surface area contributed by atoms with Gasteiger partial charge in [0.15, 0.2) is 0 Å². The minimum Gasteiger partial charge on any atom is -0.506 e. The largest absolute Gasteiger partial charge is 0.506 e. The first-order valence-electron chi connectivity index (χ1n) is 5.14. The van der Waals surface area contributed by atoms with Gasteiger partial charge in [-0.25, -0.2) is 4.79 Å². The Kier molecular flexibility index (Phi) is 3.48. The maximum atomic E-state index is 11.4. The molecule has 0 atom stereocenters. The Labute approximate surface area is 109 Å². The number of halogens is 1. The molecule has 0 aliphatic heterocycles. The number of esters is 1. The van der Waals surface area contributed by atoms with Gasteiger partial charge in [-0.3, -0.25) is 4.98 Å². The number of rotatable bonds is 2. The highest BCUT2D eigenvalue weighted by atomic mass is 35.5. The lowest BCUT2D eigenvalue weighted by atomic mass is 10.0. The third-order valence-electron chi connectivity index (χ3n) is 2.42. The molecule has 2 rings (SSSR count). The van der Waals surface area contributed by atoms with Crippen LogP contribution >= 0.6 is 11.6 Å². The van der Waals surface area contributed by atoms with Crippen LogP contribution in [0.4, 0.5) is 0 Å². The van der Waals surface area contributed by atoms with Crippen molar-refractivity contribution in [1.29, 1.82) is 0 Å². The molecule has 0 radical (unpaired) electrons.